The molecule has 1 saturated heterocycles. The first-order valence-corrected chi connectivity index (χ1v) is 7.64. The Balaban J connectivity index is 1.99. The van der Waals surface area contributed by atoms with Crippen LogP contribution in [0, 0.1) is 5.92 Å². The van der Waals surface area contributed by atoms with E-state index in [0.717, 1.165) is 22.5 Å². The molecule has 16 heavy (non-hydrogen) atoms. The van der Waals surface area contributed by atoms with Crippen molar-refractivity contribution in [3.05, 3.63) is 16.4 Å². The second kappa shape index (κ2) is 5.56. The predicted molar refractivity (Wildman–Crippen MR) is 72.5 cm³/mol. The molecule has 2 heterocycles. The highest BCUT2D eigenvalue weighted by atomic mass is 79.9. The van der Waals surface area contributed by atoms with E-state index in [0.29, 0.717) is 0 Å². The summed E-state index contributed by atoms with van der Waals surface area (Å²) < 4.78 is 2.92. The molecule has 1 aliphatic heterocycles. The Labute approximate surface area is 109 Å². The van der Waals surface area contributed by atoms with Gasteiger partial charge in [0.2, 0.25) is 0 Å². The van der Waals surface area contributed by atoms with E-state index in [1.807, 2.05) is 17.9 Å². The second-order valence-corrected chi connectivity index (χ2v) is 6.48. The molecular formula is C11H18BrN3S. The number of hydrogen-bond acceptors (Lipinski definition) is 3. The van der Waals surface area contributed by atoms with Crippen molar-refractivity contribution < 1.29 is 0 Å². The maximum atomic E-state index is 6.27. The average molecular weight is 304 g/mol. The number of aromatic nitrogens is 2. The third-order valence-corrected chi connectivity index (χ3v) is 4.88. The number of rotatable bonds is 3. The van der Waals surface area contributed by atoms with Crippen LogP contribution in [0.1, 0.15) is 31.0 Å². The molecule has 0 radical (unpaired) electrons. The summed E-state index contributed by atoms with van der Waals surface area (Å²) in [6.07, 6.45) is 5.53. The normalized spacial score (nSPS) is 19.9. The van der Waals surface area contributed by atoms with Crippen LogP contribution in [-0.4, -0.2) is 21.3 Å². The van der Waals surface area contributed by atoms with Gasteiger partial charge in [0.15, 0.2) is 0 Å². The van der Waals surface area contributed by atoms with Gasteiger partial charge in [-0.3, -0.25) is 4.68 Å². The van der Waals surface area contributed by atoms with Crippen molar-refractivity contribution >= 4 is 27.7 Å². The molecule has 90 valence electrons. The molecule has 1 aromatic rings. The SMILES string of the molecule is Cn1ncc(Br)c1C(N)CC1CCSCC1. The molecule has 0 saturated carbocycles. The molecule has 3 nitrogen and oxygen atoms in total. The molecule has 1 atom stereocenters. The van der Waals surface area contributed by atoms with Crippen LogP contribution in [0.5, 0.6) is 0 Å². The summed E-state index contributed by atoms with van der Waals surface area (Å²) in [6.45, 7) is 0. The molecule has 1 aromatic heterocycles. The maximum absolute atomic E-state index is 6.27. The second-order valence-electron chi connectivity index (χ2n) is 4.40. The maximum Gasteiger partial charge on any atom is 0.0690 e. The van der Waals surface area contributed by atoms with Gasteiger partial charge in [0.25, 0.3) is 0 Å². The van der Waals surface area contributed by atoms with Gasteiger partial charge in [-0.15, -0.1) is 0 Å². The molecule has 0 spiro atoms. The highest BCUT2D eigenvalue weighted by molar-refractivity contribution is 9.10. The highest BCUT2D eigenvalue weighted by Crippen LogP contribution is 2.31. The Morgan fingerprint density at radius 3 is 2.88 bits per heavy atom. The van der Waals surface area contributed by atoms with Gasteiger partial charge in [0.05, 0.1) is 16.4 Å². The van der Waals surface area contributed by atoms with E-state index in [1.54, 1.807) is 0 Å². The Bertz CT molecular complexity index is 327. The van der Waals surface area contributed by atoms with Crippen molar-refractivity contribution in [3.8, 4) is 0 Å². The van der Waals surface area contributed by atoms with Crippen LogP contribution < -0.4 is 5.73 Å². The quantitative estimate of drug-likeness (QED) is 0.934. The molecular weight excluding hydrogens is 286 g/mol. The molecule has 0 amide bonds. The largest absolute Gasteiger partial charge is 0.323 e. The number of halogens is 1. The van der Waals surface area contributed by atoms with E-state index in [1.165, 1.54) is 24.3 Å². The van der Waals surface area contributed by atoms with E-state index in [2.05, 4.69) is 32.8 Å². The third-order valence-electron chi connectivity index (χ3n) is 3.22. The van der Waals surface area contributed by atoms with Crippen molar-refractivity contribution in [2.75, 3.05) is 11.5 Å². The van der Waals surface area contributed by atoms with Crippen LogP contribution >= 0.6 is 27.7 Å². The van der Waals surface area contributed by atoms with Crippen LogP contribution in [-0.2, 0) is 7.05 Å². The summed E-state index contributed by atoms with van der Waals surface area (Å²) >= 11 is 5.58. The fourth-order valence-electron chi connectivity index (χ4n) is 2.29. The van der Waals surface area contributed by atoms with Crippen LogP contribution in [0.25, 0.3) is 0 Å². The smallest absolute Gasteiger partial charge is 0.0690 e. The molecule has 1 unspecified atom stereocenters. The van der Waals surface area contributed by atoms with Gasteiger partial charge in [0.1, 0.15) is 0 Å². The zero-order chi connectivity index (χ0) is 11.5. The van der Waals surface area contributed by atoms with E-state index in [4.69, 9.17) is 5.73 Å². The number of nitrogens with two attached hydrogens (primary N) is 1. The zero-order valence-electron chi connectivity index (χ0n) is 9.53. The Kier molecular flexibility index (Phi) is 4.33. The van der Waals surface area contributed by atoms with E-state index in [-0.39, 0.29) is 6.04 Å². The third kappa shape index (κ3) is 2.81. The van der Waals surface area contributed by atoms with Crippen LogP contribution in [0.2, 0.25) is 0 Å². The lowest BCUT2D eigenvalue weighted by molar-refractivity contribution is 0.402. The van der Waals surface area contributed by atoms with Crippen molar-refractivity contribution in [2.24, 2.45) is 18.7 Å². The van der Waals surface area contributed by atoms with Crippen LogP contribution in [0.15, 0.2) is 10.7 Å². The van der Waals surface area contributed by atoms with Gasteiger partial charge >= 0.3 is 0 Å². The fourth-order valence-corrected chi connectivity index (χ4v) is 4.14. The summed E-state index contributed by atoms with van der Waals surface area (Å²) in [7, 11) is 1.96. The van der Waals surface area contributed by atoms with Crippen LogP contribution in [0.4, 0.5) is 0 Å². The number of thioether (sulfide) groups is 1. The Morgan fingerprint density at radius 1 is 1.62 bits per heavy atom. The first-order chi connectivity index (χ1) is 7.68. The summed E-state index contributed by atoms with van der Waals surface area (Å²) in [6, 6.07) is 0.106. The number of hydrogen-bond donors (Lipinski definition) is 1. The summed E-state index contributed by atoms with van der Waals surface area (Å²) in [4.78, 5) is 0. The zero-order valence-corrected chi connectivity index (χ0v) is 11.9. The number of nitrogens with zero attached hydrogens (tertiary/aromatic N) is 2. The monoisotopic (exact) mass is 303 g/mol. The van der Waals surface area contributed by atoms with Crippen molar-refractivity contribution in [3.63, 3.8) is 0 Å². The molecule has 2 rings (SSSR count). The van der Waals surface area contributed by atoms with Crippen molar-refractivity contribution in [2.45, 2.75) is 25.3 Å². The van der Waals surface area contributed by atoms with Crippen LogP contribution in [0.3, 0.4) is 0 Å². The van der Waals surface area contributed by atoms with Gasteiger partial charge in [0, 0.05) is 13.1 Å². The lowest BCUT2D eigenvalue weighted by Gasteiger charge is -2.24. The molecule has 0 aliphatic carbocycles. The van der Waals surface area contributed by atoms with E-state index in [9.17, 15) is 0 Å². The Hall–Kier alpha value is -0.0000000000000000555. The van der Waals surface area contributed by atoms with E-state index >= 15 is 0 Å². The lowest BCUT2D eigenvalue weighted by atomic mass is 9.93. The minimum absolute atomic E-state index is 0.106. The summed E-state index contributed by atoms with van der Waals surface area (Å²) in [5.74, 6) is 3.38. The molecule has 1 fully saturated rings. The minimum atomic E-state index is 0.106. The topological polar surface area (TPSA) is 43.8 Å². The lowest BCUT2D eigenvalue weighted by Crippen LogP contribution is -2.21. The molecule has 1 aliphatic rings. The van der Waals surface area contributed by atoms with Gasteiger partial charge < -0.3 is 5.73 Å². The Morgan fingerprint density at radius 2 is 2.31 bits per heavy atom. The minimum Gasteiger partial charge on any atom is -0.323 e. The number of aryl methyl sites for hydroxylation is 1. The first kappa shape index (κ1) is 12.5. The summed E-state index contributed by atoms with van der Waals surface area (Å²) in [5.41, 5.74) is 7.40. The molecule has 5 heteroatoms. The van der Waals surface area contributed by atoms with Crippen molar-refractivity contribution in [1.82, 2.24) is 9.78 Å². The highest BCUT2D eigenvalue weighted by Gasteiger charge is 2.21. The molecule has 2 N–H and O–H groups in total. The fraction of sp³-hybridized carbons (Fsp3) is 0.727. The standard InChI is InChI=1S/C11H18BrN3S/c1-15-11(9(12)7-14-15)10(13)6-8-2-4-16-5-3-8/h7-8,10H,2-6,13H2,1H3. The van der Waals surface area contributed by atoms with Crippen molar-refractivity contribution in [1.29, 1.82) is 0 Å². The van der Waals surface area contributed by atoms with E-state index < -0.39 is 0 Å². The predicted octanol–water partition coefficient (Wildman–Crippen LogP) is 2.72. The van der Waals surface area contributed by atoms with Gasteiger partial charge in [-0.2, -0.15) is 16.9 Å². The van der Waals surface area contributed by atoms with Gasteiger partial charge in [-0.1, -0.05) is 0 Å². The average Bonchev–Trinajstić information content (AvgIpc) is 2.60. The molecule has 0 bridgehead atoms. The van der Waals surface area contributed by atoms with Gasteiger partial charge in [-0.25, -0.2) is 0 Å². The van der Waals surface area contributed by atoms with Gasteiger partial charge in [-0.05, 0) is 52.6 Å². The first-order valence-electron chi connectivity index (χ1n) is 5.69. The summed E-state index contributed by atoms with van der Waals surface area (Å²) in [5, 5.41) is 4.22. The molecule has 0 aromatic carbocycles.